The van der Waals surface area contributed by atoms with E-state index in [-0.39, 0.29) is 0 Å². The highest BCUT2D eigenvalue weighted by Gasteiger charge is 2.23. The van der Waals surface area contributed by atoms with E-state index in [1.807, 2.05) is 37.3 Å². The van der Waals surface area contributed by atoms with Crippen molar-refractivity contribution in [2.24, 2.45) is 0 Å². The molecule has 0 radical (unpaired) electrons. The van der Waals surface area contributed by atoms with E-state index in [1.54, 1.807) is 0 Å². The van der Waals surface area contributed by atoms with Crippen molar-refractivity contribution in [1.29, 1.82) is 0 Å². The third-order valence-corrected chi connectivity index (χ3v) is 7.16. The molecule has 1 atom stereocenters. The summed E-state index contributed by atoms with van der Waals surface area (Å²) in [6.45, 7) is 3.49. The second-order valence-electron chi connectivity index (χ2n) is 9.74. The van der Waals surface area contributed by atoms with Gasteiger partial charge in [-0.15, -0.1) is 0 Å². The van der Waals surface area contributed by atoms with E-state index in [2.05, 4.69) is 101 Å². The zero-order valence-corrected chi connectivity index (χ0v) is 22.0. The van der Waals surface area contributed by atoms with Gasteiger partial charge in [0.05, 0.1) is 30.5 Å². The van der Waals surface area contributed by atoms with E-state index in [0.717, 1.165) is 33.8 Å². The Kier molecular flexibility index (Phi) is 7.03. The average Bonchev–Trinajstić information content (AvgIpc) is 3.32. The molecule has 6 rings (SSSR count). The summed E-state index contributed by atoms with van der Waals surface area (Å²) in [5.41, 5.74) is 6.70. The molecule has 0 aliphatic heterocycles. The van der Waals surface area contributed by atoms with Crippen LogP contribution in [0.1, 0.15) is 6.92 Å². The van der Waals surface area contributed by atoms with Gasteiger partial charge >= 0.3 is 0 Å². The van der Waals surface area contributed by atoms with Gasteiger partial charge in [-0.3, -0.25) is 0 Å². The SMILES string of the molecule is CCOc1ccc(NC[C@H](O)Cn2c(-c3ccccc3)c(-c3ccccc3)c3ccc4ccccc4c32)cc1. The Morgan fingerprint density at radius 3 is 2.10 bits per heavy atom. The summed E-state index contributed by atoms with van der Waals surface area (Å²) >= 11 is 0. The Hall–Kier alpha value is -4.54. The second kappa shape index (κ2) is 11.1. The summed E-state index contributed by atoms with van der Waals surface area (Å²) < 4.78 is 7.87. The van der Waals surface area contributed by atoms with Crippen LogP contribution in [0, 0.1) is 0 Å². The lowest BCUT2D eigenvalue weighted by molar-refractivity contribution is 0.169. The first-order valence-electron chi connectivity index (χ1n) is 13.5. The maximum absolute atomic E-state index is 11.4. The van der Waals surface area contributed by atoms with Gasteiger partial charge in [-0.25, -0.2) is 0 Å². The van der Waals surface area contributed by atoms with E-state index in [4.69, 9.17) is 4.74 Å². The molecule has 0 fully saturated rings. The Balaban J connectivity index is 1.46. The number of aromatic nitrogens is 1. The maximum atomic E-state index is 11.4. The third kappa shape index (κ3) is 4.99. The lowest BCUT2D eigenvalue weighted by atomic mass is 9.97. The van der Waals surface area contributed by atoms with Crippen molar-refractivity contribution in [3.63, 3.8) is 0 Å². The molecule has 0 unspecified atom stereocenters. The first-order valence-corrected chi connectivity index (χ1v) is 13.5. The molecular weight excluding hydrogens is 480 g/mol. The van der Waals surface area contributed by atoms with E-state index in [9.17, 15) is 5.11 Å². The molecule has 0 bridgehead atoms. The molecule has 0 saturated carbocycles. The molecule has 0 aliphatic rings. The molecule has 4 heteroatoms. The molecular formula is C35H32N2O2. The largest absolute Gasteiger partial charge is 0.494 e. The minimum absolute atomic E-state index is 0.424. The summed E-state index contributed by atoms with van der Waals surface area (Å²) in [6, 6.07) is 41.9. The van der Waals surface area contributed by atoms with Crippen LogP contribution < -0.4 is 10.1 Å². The molecule has 0 saturated heterocycles. The maximum Gasteiger partial charge on any atom is 0.119 e. The molecule has 1 heterocycles. The number of hydrogen-bond donors (Lipinski definition) is 2. The van der Waals surface area contributed by atoms with Crippen molar-refractivity contribution in [3.05, 3.63) is 121 Å². The van der Waals surface area contributed by atoms with Crippen molar-refractivity contribution in [1.82, 2.24) is 4.57 Å². The number of fused-ring (bicyclic) bond motifs is 3. The quantitative estimate of drug-likeness (QED) is 0.206. The number of benzene rings is 5. The number of aliphatic hydroxyl groups is 1. The van der Waals surface area contributed by atoms with Crippen LogP contribution >= 0.6 is 0 Å². The summed E-state index contributed by atoms with van der Waals surface area (Å²) in [6.07, 6.45) is -0.614. The van der Waals surface area contributed by atoms with Gasteiger partial charge in [0, 0.05) is 28.6 Å². The highest BCUT2D eigenvalue weighted by molar-refractivity contribution is 6.15. The minimum atomic E-state index is -0.614. The standard InChI is InChI=1S/C35H32N2O2/c1-2-39-30-20-18-28(19-21-30)36-23-29(38)24-37-34(27-14-7-4-8-15-27)33(26-12-5-3-6-13-26)32-22-17-25-11-9-10-16-31(25)35(32)37/h3-22,29,36,38H,2,23-24H2,1H3/t29-/m0/s1. The lowest BCUT2D eigenvalue weighted by Crippen LogP contribution is -2.25. The summed E-state index contributed by atoms with van der Waals surface area (Å²) in [5.74, 6) is 0.843. The first kappa shape index (κ1) is 24.8. The van der Waals surface area contributed by atoms with Crippen molar-refractivity contribution in [2.45, 2.75) is 19.6 Å². The van der Waals surface area contributed by atoms with Crippen molar-refractivity contribution >= 4 is 27.4 Å². The molecule has 4 nitrogen and oxygen atoms in total. The third-order valence-electron chi connectivity index (χ3n) is 7.16. The lowest BCUT2D eigenvalue weighted by Gasteiger charge is -2.19. The van der Waals surface area contributed by atoms with Crippen LogP contribution in [0.5, 0.6) is 5.75 Å². The van der Waals surface area contributed by atoms with Gasteiger partial charge in [-0.05, 0) is 47.7 Å². The predicted molar refractivity (Wildman–Crippen MR) is 162 cm³/mol. The Bertz CT molecular complexity index is 1690. The van der Waals surface area contributed by atoms with Gasteiger partial charge in [0.25, 0.3) is 0 Å². The van der Waals surface area contributed by atoms with Crippen molar-refractivity contribution in [3.8, 4) is 28.1 Å². The topological polar surface area (TPSA) is 46.4 Å². The fourth-order valence-electron chi connectivity index (χ4n) is 5.44. The van der Waals surface area contributed by atoms with Crippen LogP contribution in [0.25, 0.3) is 44.1 Å². The predicted octanol–water partition coefficient (Wildman–Crippen LogP) is 8.00. The summed E-state index contributed by atoms with van der Waals surface area (Å²) in [4.78, 5) is 0. The smallest absolute Gasteiger partial charge is 0.119 e. The number of aliphatic hydroxyl groups excluding tert-OH is 1. The highest BCUT2D eigenvalue weighted by Crippen LogP contribution is 2.43. The van der Waals surface area contributed by atoms with Crippen LogP contribution in [0.2, 0.25) is 0 Å². The zero-order valence-electron chi connectivity index (χ0n) is 22.0. The molecule has 194 valence electrons. The van der Waals surface area contributed by atoms with Crippen LogP contribution in [-0.4, -0.2) is 28.9 Å². The van der Waals surface area contributed by atoms with Crippen LogP contribution in [-0.2, 0) is 6.54 Å². The van der Waals surface area contributed by atoms with E-state index in [0.29, 0.717) is 19.7 Å². The van der Waals surface area contributed by atoms with Gasteiger partial charge in [-0.1, -0.05) is 97.1 Å². The second-order valence-corrected chi connectivity index (χ2v) is 9.74. The fourth-order valence-corrected chi connectivity index (χ4v) is 5.44. The highest BCUT2D eigenvalue weighted by atomic mass is 16.5. The molecule has 0 amide bonds. The first-order chi connectivity index (χ1) is 19.2. The number of nitrogens with zero attached hydrogens (tertiary/aromatic N) is 1. The number of anilines is 1. The fraction of sp³-hybridized carbons (Fsp3) is 0.143. The monoisotopic (exact) mass is 512 g/mol. The van der Waals surface area contributed by atoms with Gasteiger partial charge in [0.1, 0.15) is 5.75 Å². The Labute approximate surface area is 229 Å². The molecule has 1 aromatic heterocycles. The Morgan fingerprint density at radius 2 is 1.38 bits per heavy atom. The summed E-state index contributed by atoms with van der Waals surface area (Å²) in [5, 5.41) is 18.3. The average molecular weight is 513 g/mol. The normalized spacial score (nSPS) is 12.1. The Morgan fingerprint density at radius 1 is 0.718 bits per heavy atom. The van der Waals surface area contributed by atoms with E-state index < -0.39 is 6.10 Å². The van der Waals surface area contributed by atoms with Gasteiger partial charge in [-0.2, -0.15) is 0 Å². The molecule has 0 aliphatic carbocycles. The molecule has 0 spiro atoms. The van der Waals surface area contributed by atoms with Gasteiger partial charge in [0.2, 0.25) is 0 Å². The van der Waals surface area contributed by atoms with Crippen molar-refractivity contribution in [2.75, 3.05) is 18.5 Å². The van der Waals surface area contributed by atoms with E-state index >= 15 is 0 Å². The molecule has 2 N–H and O–H groups in total. The number of hydrogen-bond acceptors (Lipinski definition) is 3. The van der Waals surface area contributed by atoms with Crippen LogP contribution in [0.4, 0.5) is 5.69 Å². The van der Waals surface area contributed by atoms with Crippen LogP contribution in [0.15, 0.2) is 121 Å². The number of nitrogens with one attached hydrogen (secondary N) is 1. The zero-order chi connectivity index (χ0) is 26.6. The van der Waals surface area contributed by atoms with Gasteiger partial charge < -0.3 is 19.7 Å². The van der Waals surface area contributed by atoms with Crippen LogP contribution in [0.3, 0.4) is 0 Å². The van der Waals surface area contributed by atoms with Gasteiger partial charge in [0.15, 0.2) is 0 Å². The molecule has 6 aromatic rings. The summed E-state index contributed by atoms with van der Waals surface area (Å²) in [7, 11) is 0. The number of rotatable bonds is 9. The van der Waals surface area contributed by atoms with E-state index in [1.165, 1.54) is 21.7 Å². The van der Waals surface area contributed by atoms with Crippen molar-refractivity contribution < 1.29 is 9.84 Å². The minimum Gasteiger partial charge on any atom is -0.494 e. The number of ether oxygens (including phenoxy) is 1. The molecule has 5 aromatic carbocycles. The molecule has 39 heavy (non-hydrogen) atoms.